The molecule has 1 aromatic rings. The van der Waals surface area contributed by atoms with E-state index in [0.29, 0.717) is 5.75 Å². The van der Waals surface area contributed by atoms with Gasteiger partial charge < -0.3 is 4.74 Å². The summed E-state index contributed by atoms with van der Waals surface area (Å²) >= 11 is 0. The zero-order chi connectivity index (χ0) is 12.0. The molecule has 0 saturated heterocycles. The molecule has 0 aliphatic carbocycles. The zero-order valence-electron chi connectivity index (χ0n) is 8.33. The Hall–Kier alpha value is -1.44. The Morgan fingerprint density at radius 1 is 1.25 bits per heavy atom. The van der Waals surface area contributed by atoms with Gasteiger partial charge in [-0.1, -0.05) is 18.2 Å². The molecular weight excluding hydrogens is 234 g/mol. The number of carbonyl (C=O) groups is 1. The van der Waals surface area contributed by atoms with Crippen LogP contribution in [0.15, 0.2) is 30.3 Å². The lowest BCUT2D eigenvalue weighted by atomic mass is 10.3. The fourth-order valence-electron chi connectivity index (χ4n) is 0.912. The number of para-hydroxylation sites is 1. The van der Waals surface area contributed by atoms with Crippen molar-refractivity contribution >= 4 is 16.3 Å². The average Bonchev–Trinajstić information content (AvgIpc) is 2.17. The average molecular weight is 245 g/mol. The lowest BCUT2D eigenvalue weighted by Gasteiger charge is -2.03. The molecule has 0 amide bonds. The summed E-state index contributed by atoms with van der Waals surface area (Å²) in [6, 6.07) is 8.42. The first kappa shape index (κ1) is 12.6. The molecule has 0 saturated carbocycles. The number of hydrogen-bond donors (Lipinski definition) is 1. The summed E-state index contributed by atoms with van der Waals surface area (Å²) in [7, 11) is -4.00. The van der Waals surface area contributed by atoms with Crippen molar-refractivity contribution in [2.24, 2.45) is 5.14 Å². The van der Waals surface area contributed by atoms with Gasteiger partial charge in [-0.25, -0.2) is 5.14 Å². The van der Waals surface area contributed by atoms with Crippen LogP contribution in [0.1, 0.15) is 6.42 Å². The lowest BCUT2D eigenvalue weighted by Crippen LogP contribution is -2.19. The van der Waals surface area contributed by atoms with Crippen LogP contribution in [0.25, 0.3) is 0 Å². The van der Waals surface area contributed by atoms with Crippen molar-refractivity contribution in [1.82, 2.24) is 0 Å². The molecule has 16 heavy (non-hydrogen) atoms. The highest BCUT2D eigenvalue weighted by atomic mass is 32.2. The molecule has 88 valence electrons. The van der Waals surface area contributed by atoms with E-state index in [2.05, 4.69) is 9.32 Å². The molecule has 0 aliphatic heterocycles. The molecule has 0 spiro atoms. The number of benzene rings is 1. The standard InChI is InChI=1S/C9H11NO5S/c10-16(12,13)14-7-6-9(11)15-8-4-2-1-3-5-8/h1-5H,6-7H2,(H2,10,12,13). The van der Waals surface area contributed by atoms with Crippen LogP contribution in [-0.2, 0) is 19.3 Å². The Kier molecular flexibility index (Phi) is 4.41. The quantitative estimate of drug-likeness (QED) is 0.590. The van der Waals surface area contributed by atoms with Gasteiger partial charge in [0.2, 0.25) is 0 Å². The number of nitrogens with two attached hydrogens (primary N) is 1. The first-order valence-corrected chi connectivity index (χ1v) is 5.87. The largest absolute Gasteiger partial charge is 0.426 e. The highest BCUT2D eigenvalue weighted by Gasteiger charge is 2.07. The van der Waals surface area contributed by atoms with E-state index in [1.807, 2.05) is 0 Å². The van der Waals surface area contributed by atoms with Crippen molar-refractivity contribution < 1.29 is 22.1 Å². The summed E-state index contributed by atoms with van der Waals surface area (Å²) < 4.78 is 29.8. The van der Waals surface area contributed by atoms with Crippen molar-refractivity contribution in [2.45, 2.75) is 6.42 Å². The van der Waals surface area contributed by atoms with Crippen LogP contribution in [0.5, 0.6) is 5.75 Å². The molecular formula is C9H11NO5S. The van der Waals surface area contributed by atoms with Crippen molar-refractivity contribution in [3.8, 4) is 5.75 Å². The summed E-state index contributed by atoms with van der Waals surface area (Å²) in [5.74, 6) is -0.196. The predicted octanol–water partition coefficient (Wildman–Crippen LogP) is 0.202. The molecule has 2 N–H and O–H groups in total. The third-order valence-corrected chi connectivity index (χ3v) is 2.02. The van der Waals surface area contributed by atoms with Crippen molar-refractivity contribution in [3.63, 3.8) is 0 Å². The molecule has 6 nitrogen and oxygen atoms in total. The van der Waals surface area contributed by atoms with Gasteiger partial charge >= 0.3 is 16.3 Å². The third-order valence-electron chi connectivity index (χ3n) is 1.53. The molecule has 0 unspecified atom stereocenters. The monoisotopic (exact) mass is 245 g/mol. The molecule has 1 aromatic carbocycles. The zero-order valence-corrected chi connectivity index (χ0v) is 9.14. The van der Waals surface area contributed by atoms with E-state index < -0.39 is 16.3 Å². The summed E-state index contributed by atoms with van der Waals surface area (Å²) in [4.78, 5) is 11.2. The van der Waals surface area contributed by atoms with Gasteiger partial charge in [-0.3, -0.25) is 8.98 Å². The maximum Gasteiger partial charge on any atom is 0.333 e. The Morgan fingerprint density at radius 2 is 1.88 bits per heavy atom. The van der Waals surface area contributed by atoms with Crippen LogP contribution in [0.4, 0.5) is 0 Å². The molecule has 0 atom stereocenters. The van der Waals surface area contributed by atoms with Crippen LogP contribution in [0, 0.1) is 0 Å². The van der Waals surface area contributed by atoms with Gasteiger partial charge in [0.15, 0.2) is 0 Å². The number of carbonyl (C=O) groups excluding carboxylic acids is 1. The topological polar surface area (TPSA) is 95.7 Å². The van der Waals surface area contributed by atoms with Crippen molar-refractivity contribution in [2.75, 3.05) is 6.61 Å². The van der Waals surface area contributed by atoms with Gasteiger partial charge in [0.1, 0.15) is 5.75 Å². The van der Waals surface area contributed by atoms with Crippen LogP contribution >= 0.6 is 0 Å². The number of rotatable bonds is 5. The predicted molar refractivity (Wildman–Crippen MR) is 55.8 cm³/mol. The van der Waals surface area contributed by atoms with Gasteiger partial charge in [0, 0.05) is 0 Å². The molecule has 0 aromatic heterocycles. The molecule has 0 radical (unpaired) electrons. The lowest BCUT2D eigenvalue weighted by molar-refractivity contribution is -0.134. The van der Waals surface area contributed by atoms with Gasteiger partial charge in [0.05, 0.1) is 13.0 Å². The minimum Gasteiger partial charge on any atom is -0.426 e. The third kappa shape index (κ3) is 5.44. The van der Waals surface area contributed by atoms with Gasteiger partial charge in [-0.2, -0.15) is 8.42 Å². The highest BCUT2D eigenvalue weighted by molar-refractivity contribution is 7.84. The first-order valence-electron chi connectivity index (χ1n) is 4.40. The minimum absolute atomic E-state index is 0.189. The molecule has 0 bridgehead atoms. The van der Waals surface area contributed by atoms with E-state index in [4.69, 9.17) is 4.74 Å². The van der Waals surface area contributed by atoms with E-state index in [9.17, 15) is 13.2 Å². The van der Waals surface area contributed by atoms with Crippen LogP contribution in [-0.4, -0.2) is 21.0 Å². The normalized spacial score (nSPS) is 11.1. The SMILES string of the molecule is NS(=O)(=O)OCCC(=O)Oc1ccccc1. The van der Waals surface area contributed by atoms with E-state index in [0.717, 1.165) is 0 Å². The van der Waals surface area contributed by atoms with Gasteiger partial charge in [-0.05, 0) is 12.1 Å². The Bertz CT molecular complexity index is 442. The molecule has 0 heterocycles. The number of hydrogen-bond acceptors (Lipinski definition) is 5. The van der Waals surface area contributed by atoms with Crippen molar-refractivity contribution in [1.29, 1.82) is 0 Å². The Labute approximate surface area is 93.2 Å². The second-order valence-corrected chi connectivity index (χ2v) is 4.07. The Balaban J connectivity index is 2.32. The number of esters is 1. The summed E-state index contributed by atoms with van der Waals surface area (Å²) in [5.41, 5.74) is 0. The highest BCUT2D eigenvalue weighted by Crippen LogP contribution is 2.09. The van der Waals surface area contributed by atoms with E-state index in [-0.39, 0.29) is 13.0 Å². The van der Waals surface area contributed by atoms with Crippen LogP contribution < -0.4 is 9.88 Å². The smallest absolute Gasteiger partial charge is 0.333 e. The fraction of sp³-hybridized carbons (Fsp3) is 0.222. The summed E-state index contributed by atoms with van der Waals surface area (Å²) in [6.07, 6.45) is -0.189. The molecule has 0 aliphatic rings. The van der Waals surface area contributed by atoms with Crippen LogP contribution in [0.2, 0.25) is 0 Å². The van der Waals surface area contributed by atoms with Crippen LogP contribution in [0.3, 0.4) is 0 Å². The maximum absolute atomic E-state index is 11.2. The molecule has 7 heteroatoms. The summed E-state index contributed by atoms with van der Waals surface area (Å²) in [6.45, 7) is -0.329. The second kappa shape index (κ2) is 5.59. The first-order chi connectivity index (χ1) is 7.47. The second-order valence-electron chi connectivity index (χ2n) is 2.85. The van der Waals surface area contributed by atoms with E-state index >= 15 is 0 Å². The maximum atomic E-state index is 11.2. The Morgan fingerprint density at radius 3 is 2.44 bits per heavy atom. The van der Waals surface area contributed by atoms with Gasteiger partial charge in [-0.15, -0.1) is 0 Å². The van der Waals surface area contributed by atoms with Crippen molar-refractivity contribution in [3.05, 3.63) is 30.3 Å². The fourth-order valence-corrected chi connectivity index (χ4v) is 1.23. The van der Waals surface area contributed by atoms with Gasteiger partial charge in [0.25, 0.3) is 0 Å². The van der Waals surface area contributed by atoms with E-state index in [1.54, 1.807) is 30.3 Å². The molecule has 0 fully saturated rings. The minimum atomic E-state index is -4.00. The van der Waals surface area contributed by atoms with E-state index in [1.165, 1.54) is 0 Å². The summed E-state index contributed by atoms with van der Waals surface area (Å²) in [5, 5.41) is 4.57. The number of ether oxygens (including phenoxy) is 1. The molecule has 1 rings (SSSR count).